The van der Waals surface area contributed by atoms with E-state index in [0.717, 1.165) is 0 Å². The summed E-state index contributed by atoms with van der Waals surface area (Å²) < 4.78 is 4.45. The van der Waals surface area contributed by atoms with E-state index in [0.29, 0.717) is 0 Å². The van der Waals surface area contributed by atoms with Crippen LogP contribution in [0.5, 0.6) is 0 Å². The first-order valence-electron chi connectivity index (χ1n) is 4.38. The van der Waals surface area contributed by atoms with E-state index in [2.05, 4.69) is 11.3 Å². The highest BCUT2D eigenvalue weighted by molar-refractivity contribution is 6.36. The Labute approximate surface area is 103 Å². The number of benzene rings is 1. The number of aliphatic hydroxyl groups is 1. The van der Waals surface area contributed by atoms with Crippen LogP contribution in [0.15, 0.2) is 30.4 Å². The summed E-state index contributed by atoms with van der Waals surface area (Å²) in [4.78, 5) is 11.2. The number of ether oxygens (including phenoxy) is 1. The van der Waals surface area contributed by atoms with Crippen LogP contribution in [-0.2, 0) is 9.53 Å². The maximum atomic E-state index is 11.2. The molecule has 1 atom stereocenters. The molecule has 16 heavy (non-hydrogen) atoms. The fraction of sp³-hybridized carbons (Fsp3) is 0.182. The van der Waals surface area contributed by atoms with Crippen LogP contribution >= 0.6 is 23.2 Å². The van der Waals surface area contributed by atoms with Gasteiger partial charge < -0.3 is 9.84 Å². The Morgan fingerprint density at radius 1 is 1.44 bits per heavy atom. The van der Waals surface area contributed by atoms with Gasteiger partial charge >= 0.3 is 5.97 Å². The number of hydrogen-bond donors (Lipinski definition) is 1. The Morgan fingerprint density at radius 2 is 1.94 bits per heavy atom. The molecule has 0 spiro atoms. The summed E-state index contributed by atoms with van der Waals surface area (Å²) in [5.41, 5.74) is 0.138. The molecule has 1 N–H and O–H groups in total. The van der Waals surface area contributed by atoms with Gasteiger partial charge in [0.1, 0.15) is 6.10 Å². The van der Waals surface area contributed by atoms with Crippen LogP contribution in [0.4, 0.5) is 0 Å². The molecule has 0 unspecified atom stereocenters. The highest BCUT2D eigenvalue weighted by Gasteiger charge is 2.23. The summed E-state index contributed by atoms with van der Waals surface area (Å²) >= 11 is 11.8. The number of hydrogen-bond acceptors (Lipinski definition) is 3. The molecule has 0 aliphatic rings. The first-order chi connectivity index (χ1) is 7.49. The van der Waals surface area contributed by atoms with E-state index in [-0.39, 0.29) is 21.2 Å². The van der Waals surface area contributed by atoms with Crippen LogP contribution in [0.2, 0.25) is 10.0 Å². The molecule has 0 aliphatic heterocycles. The largest absolute Gasteiger partial charge is 0.466 e. The van der Waals surface area contributed by atoms with E-state index in [4.69, 9.17) is 23.2 Å². The predicted octanol–water partition coefficient (Wildman–Crippen LogP) is 2.76. The number of esters is 1. The Balaban J connectivity index is 3.10. The molecule has 0 heterocycles. The maximum absolute atomic E-state index is 11.2. The van der Waals surface area contributed by atoms with E-state index in [1.54, 1.807) is 18.2 Å². The van der Waals surface area contributed by atoms with Gasteiger partial charge in [-0.15, -0.1) is 0 Å². The van der Waals surface area contributed by atoms with E-state index in [9.17, 15) is 9.90 Å². The molecular formula is C11H10Cl2O3. The number of methoxy groups -OCH3 is 1. The van der Waals surface area contributed by atoms with Gasteiger partial charge in [0.2, 0.25) is 0 Å². The van der Waals surface area contributed by atoms with Gasteiger partial charge in [-0.3, -0.25) is 0 Å². The SMILES string of the molecule is C=C(C(=O)OC)[C@@H](O)c1c(Cl)cccc1Cl. The minimum Gasteiger partial charge on any atom is -0.466 e. The average molecular weight is 261 g/mol. The second-order valence-corrected chi connectivity index (χ2v) is 3.87. The second-order valence-electron chi connectivity index (χ2n) is 3.05. The van der Waals surface area contributed by atoms with Crippen LogP contribution in [-0.4, -0.2) is 18.2 Å². The highest BCUT2D eigenvalue weighted by atomic mass is 35.5. The Morgan fingerprint density at radius 3 is 2.38 bits per heavy atom. The topological polar surface area (TPSA) is 46.5 Å². The highest BCUT2D eigenvalue weighted by Crippen LogP contribution is 2.33. The summed E-state index contributed by atoms with van der Waals surface area (Å²) in [5.74, 6) is -0.705. The van der Waals surface area contributed by atoms with E-state index in [1.807, 2.05) is 0 Å². The van der Waals surface area contributed by atoms with Gasteiger partial charge in [-0.2, -0.15) is 0 Å². The van der Waals surface area contributed by atoms with Gasteiger partial charge in [0, 0.05) is 15.6 Å². The standard InChI is InChI=1S/C11H10Cl2O3/c1-6(11(15)16-2)10(14)9-7(12)4-3-5-8(9)13/h3-5,10,14H,1H2,2H3/t10-/m1/s1. The monoisotopic (exact) mass is 260 g/mol. The van der Waals surface area contributed by atoms with Crippen molar-refractivity contribution in [3.05, 3.63) is 46.0 Å². The summed E-state index contributed by atoms with van der Waals surface area (Å²) in [5, 5.41) is 10.4. The normalized spacial score (nSPS) is 12.0. The van der Waals surface area contributed by atoms with Crippen molar-refractivity contribution in [3.63, 3.8) is 0 Å². The Hall–Kier alpha value is -1.03. The Kier molecular flexibility index (Phi) is 4.35. The van der Waals surface area contributed by atoms with Crippen LogP contribution in [0.25, 0.3) is 0 Å². The Bertz CT molecular complexity index is 409. The minimum atomic E-state index is -1.27. The number of carbonyl (C=O) groups excluding carboxylic acids is 1. The van der Waals surface area contributed by atoms with Gasteiger partial charge in [-0.1, -0.05) is 35.8 Å². The molecule has 0 amide bonds. The fourth-order valence-corrected chi connectivity index (χ4v) is 1.79. The zero-order valence-corrected chi connectivity index (χ0v) is 10.0. The van der Waals surface area contributed by atoms with E-state index >= 15 is 0 Å². The number of carbonyl (C=O) groups is 1. The number of aliphatic hydroxyl groups excluding tert-OH is 1. The third-order valence-electron chi connectivity index (χ3n) is 2.05. The second kappa shape index (κ2) is 5.34. The van der Waals surface area contributed by atoms with Crippen LogP contribution in [0.3, 0.4) is 0 Å². The van der Waals surface area contributed by atoms with Crippen LogP contribution in [0.1, 0.15) is 11.7 Å². The number of rotatable bonds is 3. The zero-order chi connectivity index (χ0) is 12.3. The van der Waals surface area contributed by atoms with Crippen molar-refractivity contribution in [2.45, 2.75) is 6.10 Å². The molecule has 1 rings (SSSR count). The molecule has 0 fully saturated rings. The summed E-state index contributed by atoms with van der Waals surface area (Å²) in [6, 6.07) is 4.77. The van der Waals surface area contributed by atoms with E-state index < -0.39 is 12.1 Å². The van der Waals surface area contributed by atoms with Crippen LogP contribution < -0.4 is 0 Å². The summed E-state index contributed by atoms with van der Waals surface area (Å²) in [7, 11) is 1.20. The average Bonchev–Trinajstić information content (AvgIpc) is 2.26. The van der Waals surface area contributed by atoms with Crippen molar-refractivity contribution in [1.82, 2.24) is 0 Å². The van der Waals surface area contributed by atoms with Crippen molar-refractivity contribution in [2.24, 2.45) is 0 Å². The van der Waals surface area contributed by atoms with Crippen molar-refractivity contribution >= 4 is 29.2 Å². The lowest BCUT2D eigenvalue weighted by molar-refractivity contribution is -0.137. The van der Waals surface area contributed by atoms with Crippen molar-refractivity contribution in [2.75, 3.05) is 7.11 Å². The summed E-state index contributed by atoms with van der Waals surface area (Å²) in [6.07, 6.45) is -1.27. The van der Waals surface area contributed by atoms with Crippen molar-refractivity contribution in [1.29, 1.82) is 0 Å². The molecule has 0 bridgehead atoms. The number of halogens is 2. The fourth-order valence-electron chi connectivity index (χ4n) is 1.19. The van der Waals surface area contributed by atoms with Gasteiger partial charge in [-0.05, 0) is 12.1 Å². The lowest BCUT2D eigenvalue weighted by atomic mass is 10.0. The van der Waals surface area contributed by atoms with Gasteiger partial charge in [0.05, 0.1) is 12.7 Å². The van der Waals surface area contributed by atoms with Crippen molar-refractivity contribution < 1.29 is 14.6 Å². The van der Waals surface area contributed by atoms with Gasteiger partial charge in [0.15, 0.2) is 0 Å². The smallest absolute Gasteiger partial charge is 0.336 e. The molecule has 0 saturated carbocycles. The maximum Gasteiger partial charge on any atom is 0.336 e. The van der Waals surface area contributed by atoms with Crippen LogP contribution in [0, 0.1) is 0 Å². The zero-order valence-electron chi connectivity index (χ0n) is 8.54. The van der Waals surface area contributed by atoms with E-state index in [1.165, 1.54) is 7.11 Å². The quantitative estimate of drug-likeness (QED) is 0.672. The molecule has 0 saturated heterocycles. The third-order valence-corrected chi connectivity index (χ3v) is 2.71. The molecular weight excluding hydrogens is 251 g/mol. The van der Waals surface area contributed by atoms with Gasteiger partial charge in [0.25, 0.3) is 0 Å². The molecule has 0 aromatic heterocycles. The first kappa shape index (κ1) is 13.0. The predicted molar refractivity (Wildman–Crippen MR) is 62.6 cm³/mol. The molecule has 0 aliphatic carbocycles. The molecule has 5 heteroatoms. The molecule has 3 nitrogen and oxygen atoms in total. The summed E-state index contributed by atoms with van der Waals surface area (Å²) in [6.45, 7) is 3.44. The lowest BCUT2D eigenvalue weighted by Gasteiger charge is -2.15. The van der Waals surface area contributed by atoms with Gasteiger partial charge in [-0.25, -0.2) is 4.79 Å². The minimum absolute atomic E-state index is 0.113. The molecule has 1 aromatic carbocycles. The molecule has 86 valence electrons. The molecule has 0 radical (unpaired) electrons. The molecule has 1 aromatic rings. The third kappa shape index (κ3) is 2.55. The lowest BCUT2D eigenvalue weighted by Crippen LogP contribution is -2.12. The van der Waals surface area contributed by atoms with Crippen molar-refractivity contribution in [3.8, 4) is 0 Å². The first-order valence-corrected chi connectivity index (χ1v) is 5.13.